The topological polar surface area (TPSA) is 67.4 Å². The van der Waals surface area contributed by atoms with E-state index in [0.29, 0.717) is 17.1 Å². The molecule has 0 aliphatic heterocycles. The van der Waals surface area contributed by atoms with Crippen LogP contribution in [0.3, 0.4) is 0 Å². The molecule has 2 aromatic carbocycles. The maximum absolute atomic E-state index is 12.0. The molecule has 0 saturated heterocycles. The summed E-state index contributed by atoms with van der Waals surface area (Å²) in [7, 11) is 1.55. The SMILES string of the molecule is COc1cccc(NC(=O)CC(=O)Nc2ccc(C)cc2Br)c1. The Morgan fingerprint density at radius 3 is 2.52 bits per heavy atom. The van der Waals surface area contributed by atoms with E-state index in [1.165, 1.54) is 0 Å². The molecule has 0 fully saturated rings. The Balaban J connectivity index is 1.93. The highest BCUT2D eigenvalue weighted by molar-refractivity contribution is 9.10. The van der Waals surface area contributed by atoms with Gasteiger partial charge in [0.1, 0.15) is 12.2 Å². The maximum Gasteiger partial charge on any atom is 0.233 e. The Kier molecular flexibility index (Phi) is 5.76. The Bertz CT molecular complexity index is 732. The second-order valence-corrected chi connectivity index (χ2v) is 5.84. The highest BCUT2D eigenvalue weighted by Gasteiger charge is 2.11. The van der Waals surface area contributed by atoms with Crippen LogP contribution in [0, 0.1) is 6.92 Å². The molecule has 0 aliphatic carbocycles. The second-order valence-electron chi connectivity index (χ2n) is 4.99. The molecule has 2 amide bonds. The number of aryl methyl sites for hydroxylation is 1. The molecule has 2 N–H and O–H groups in total. The number of hydrogen-bond donors (Lipinski definition) is 2. The summed E-state index contributed by atoms with van der Waals surface area (Å²) < 4.78 is 5.86. The van der Waals surface area contributed by atoms with Gasteiger partial charge >= 0.3 is 0 Å². The lowest BCUT2D eigenvalue weighted by Crippen LogP contribution is -2.21. The van der Waals surface area contributed by atoms with Crippen LogP contribution in [0.15, 0.2) is 46.9 Å². The fraction of sp³-hybridized carbons (Fsp3) is 0.176. The number of rotatable bonds is 5. The predicted molar refractivity (Wildman–Crippen MR) is 93.7 cm³/mol. The predicted octanol–water partition coefficient (Wildman–Crippen LogP) is 3.73. The normalized spacial score (nSPS) is 10.0. The van der Waals surface area contributed by atoms with Gasteiger partial charge in [-0.15, -0.1) is 0 Å². The van der Waals surface area contributed by atoms with Crippen molar-refractivity contribution < 1.29 is 14.3 Å². The van der Waals surface area contributed by atoms with E-state index in [1.807, 2.05) is 19.1 Å². The lowest BCUT2D eigenvalue weighted by Gasteiger charge is -2.09. The first-order valence-electron chi connectivity index (χ1n) is 6.98. The largest absolute Gasteiger partial charge is 0.497 e. The number of nitrogens with one attached hydrogen (secondary N) is 2. The van der Waals surface area contributed by atoms with Gasteiger partial charge in [-0.25, -0.2) is 0 Å². The average molecular weight is 377 g/mol. The number of carbonyl (C=O) groups is 2. The van der Waals surface area contributed by atoms with Gasteiger partial charge in [-0.1, -0.05) is 12.1 Å². The lowest BCUT2D eigenvalue weighted by molar-refractivity contribution is -0.123. The van der Waals surface area contributed by atoms with Gasteiger partial charge in [0.2, 0.25) is 11.8 Å². The lowest BCUT2D eigenvalue weighted by atomic mass is 10.2. The molecule has 0 atom stereocenters. The zero-order valence-electron chi connectivity index (χ0n) is 12.9. The molecular weight excluding hydrogens is 360 g/mol. The van der Waals surface area contributed by atoms with Gasteiger partial charge < -0.3 is 15.4 Å². The molecule has 0 radical (unpaired) electrons. The van der Waals surface area contributed by atoms with Crippen molar-refractivity contribution >= 4 is 39.1 Å². The van der Waals surface area contributed by atoms with Crippen molar-refractivity contribution in [2.45, 2.75) is 13.3 Å². The van der Waals surface area contributed by atoms with Crippen molar-refractivity contribution in [3.63, 3.8) is 0 Å². The van der Waals surface area contributed by atoms with Crippen molar-refractivity contribution in [1.82, 2.24) is 0 Å². The van der Waals surface area contributed by atoms with Crippen LogP contribution < -0.4 is 15.4 Å². The van der Waals surface area contributed by atoms with E-state index < -0.39 is 0 Å². The van der Waals surface area contributed by atoms with Gasteiger partial charge in [0.05, 0.1) is 12.8 Å². The number of hydrogen-bond acceptors (Lipinski definition) is 3. The van der Waals surface area contributed by atoms with Crippen LogP contribution in [-0.2, 0) is 9.59 Å². The third-order valence-corrected chi connectivity index (χ3v) is 3.73. The van der Waals surface area contributed by atoms with Crippen LogP contribution in [0.5, 0.6) is 5.75 Å². The molecule has 0 bridgehead atoms. The Hall–Kier alpha value is -2.34. The molecule has 5 nitrogen and oxygen atoms in total. The van der Waals surface area contributed by atoms with Crippen molar-refractivity contribution in [2.24, 2.45) is 0 Å². The molecule has 6 heteroatoms. The van der Waals surface area contributed by atoms with Crippen molar-refractivity contribution in [1.29, 1.82) is 0 Å². The molecule has 0 heterocycles. The third-order valence-electron chi connectivity index (χ3n) is 3.07. The number of methoxy groups -OCH3 is 1. The average Bonchev–Trinajstić information content (AvgIpc) is 2.50. The Morgan fingerprint density at radius 2 is 1.83 bits per heavy atom. The highest BCUT2D eigenvalue weighted by atomic mass is 79.9. The minimum absolute atomic E-state index is 0.266. The monoisotopic (exact) mass is 376 g/mol. The zero-order chi connectivity index (χ0) is 16.8. The maximum atomic E-state index is 12.0. The number of carbonyl (C=O) groups excluding carboxylic acids is 2. The highest BCUT2D eigenvalue weighted by Crippen LogP contribution is 2.23. The summed E-state index contributed by atoms with van der Waals surface area (Å²) in [5, 5.41) is 5.37. The van der Waals surface area contributed by atoms with Gasteiger partial charge in [-0.3, -0.25) is 9.59 Å². The number of halogens is 1. The Morgan fingerprint density at radius 1 is 1.09 bits per heavy atom. The van der Waals surface area contributed by atoms with E-state index in [9.17, 15) is 9.59 Å². The van der Waals surface area contributed by atoms with Crippen LogP contribution in [0.4, 0.5) is 11.4 Å². The summed E-state index contributed by atoms with van der Waals surface area (Å²) in [5.41, 5.74) is 2.29. The van der Waals surface area contributed by atoms with Gasteiger partial charge in [-0.2, -0.15) is 0 Å². The van der Waals surface area contributed by atoms with Crippen LogP contribution in [0.25, 0.3) is 0 Å². The van der Waals surface area contributed by atoms with E-state index in [-0.39, 0.29) is 18.2 Å². The van der Waals surface area contributed by atoms with Crippen molar-refractivity contribution in [3.8, 4) is 5.75 Å². The van der Waals surface area contributed by atoms with Gasteiger partial charge in [0.15, 0.2) is 0 Å². The molecule has 23 heavy (non-hydrogen) atoms. The first-order valence-corrected chi connectivity index (χ1v) is 7.77. The molecule has 0 unspecified atom stereocenters. The van der Waals surface area contributed by atoms with Crippen LogP contribution in [0.2, 0.25) is 0 Å². The third kappa shape index (κ3) is 5.10. The fourth-order valence-corrected chi connectivity index (χ4v) is 2.56. The summed E-state index contributed by atoms with van der Waals surface area (Å²) in [6.07, 6.45) is -0.266. The van der Waals surface area contributed by atoms with Gasteiger partial charge in [-0.05, 0) is 52.7 Å². The standard InChI is InChI=1S/C17H17BrN2O3/c1-11-6-7-15(14(18)8-11)20-17(22)10-16(21)19-12-4-3-5-13(9-12)23-2/h3-9H,10H2,1-2H3,(H,19,21)(H,20,22). The number of anilines is 2. The van der Waals surface area contributed by atoms with Crippen molar-refractivity contribution in [3.05, 3.63) is 52.5 Å². The molecule has 2 aromatic rings. The fourth-order valence-electron chi connectivity index (χ4n) is 1.97. The molecule has 0 saturated carbocycles. The molecule has 120 valence electrons. The molecule has 0 aliphatic rings. The number of benzene rings is 2. The minimum atomic E-state index is -0.390. The van der Waals surface area contributed by atoms with Crippen LogP contribution >= 0.6 is 15.9 Å². The van der Waals surface area contributed by atoms with Gasteiger partial charge in [0.25, 0.3) is 0 Å². The molecule has 2 rings (SSSR count). The first kappa shape index (κ1) is 17.0. The van der Waals surface area contributed by atoms with Crippen molar-refractivity contribution in [2.75, 3.05) is 17.7 Å². The van der Waals surface area contributed by atoms with E-state index in [0.717, 1.165) is 10.0 Å². The van der Waals surface area contributed by atoms with Gasteiger partial charge in [0, 0.05) is 16.2 Å². The summed E-state index contributed by atoms with van der Waals surface area (Å²) in [6.45, 7) is 1.96. The molecule has 0 spiro atoms. The van der Waals surface area contributed by atoms with E-state index in [1.54, 1.807) is 37.4 Å². The zero-order valence-corrected chi connectivity index (χ0v) is 14.4. The van der Waals surface area contributed by atoms with E-state index in [2.05, 4.69) is 26.6 Å². The smallest absolute Gasteiger partial charge is 0.233 e. The summed E-state index contributed by atoms with van der Waals surface area (Å²) in [5.74, 6) is -0.134. The van der Waals surface area contributed by atoms with E-state index >= 15 is 0 Å². The molecular formula is C17H17BrN2O3. The first-order chi connectivity index (χ1) is 11.0. The number of amides is 2. The summed E-state index contributed by atoms with van der Waals surface area (Å²) in [6, 6.07) is 12.5. The van der Waals surface area contributed by atoms with E-state index in [4.69, 9.17) is 4.74 Å². The van der Waals surface area contributed by atoms with Crippen LogP contribution in [-0.4, -0.2) is 18.9 Å². The second kappa shape index (κ2) is 7.78. The quantitative estimate of drug-likeness (QED) is 0.781. The Labute approximate surface area is 143 Å². The van der Waals surface area contributed by atoms with Crippen LogP contribution in [0.1, 0.15) is 12.0 Å². The number of ether oxygens (including phenoxy) is 1. The summed E-state index contributed by atoms with van der Waals surface area (Å²) >= 11 is 3.38. The minimum Gasteiger partial charge on any atom is -0.497 e. The summed E-state index contributed by atoms with van der Waals surface area (Å²) in [4.78, 5) is 23.9. The molecule has 0 aromatic heterocycles.